The predicted molar refractivity (Wildman–Crippen MR) is 80.2 cm³/mol. The molecule has 0 aromatic carbocycles. The van der Waals surface area contributed by atoms with Gasteiger partial charge in [-0.05, 0) is 47.1 Å². The zero-order valence-corrected chi connectivity index (χ0v) is 13.8. The van der Waals surface area contributed by atoms with E-state index in [2.05, 4.69) is 15.4 Å². The van der Waals surface area contributed by atoms with E-state index in [1.165, 1.54) is 7.11 Å². The maximum Gasteiger partial charge on any atom is 0.407 e. The van der Waals surface area contributed by atoms with Crippen molar-refractivity contribution in [2.45, 2.75) is 51.7 Å². The summed E-state index contributed by atoms with van der Waals surface area (Å²) in [7, 11) is 3.09. The lowest BCUT2D eigenvalue weighted by atomic mass is 10.1. The quantitative estimate of drug-likeness (QED) is 0.554. The number of unbranched alkanes of at least 4 members (excludes halogenated alkanes) is 1. The predicted octanol–water partition coefficient (Wildman–Crippen LogP) is 1.86. The zero-order valence-electron chi connectivity index (χ0n) is 12.9. The van der Waals surface area contributed by atoms with Crippen molar-refractivity contribution in [1.29, 1.82) is 0 Å². The molecule has 0 unspecified atom stereocenters. The van der Waals surface area contributed by atoms with E-state index in [9.17, 15) is 9.59 Å². The first-order chi connectivity index (χ1) is 8.80. The Labute approximate surface area is 127 Å². The molecule has 0 spiro atoms. The molecule has 0 aliphatic carbocycles. The van der Waals surface area contributed by atoms with Gasteiger partial charge in [-0.25, -0.2) is 4.79 Å². The Balaban J connectivity index is 0. The molecule has 7 heteroatoms. The molecule has 1 atom stereocenters. The summed E-state index contributed by atoms with van der Waals surface area (Å²) in [5, 5.41) is 5.57. The van der Waals surface area contributed by atoms with Crippen LogP contribution in [-0.4, -0.2) is 44.4 Å². The molecule has 0 saturated heterocycles. The first-order valence-electron chi connectivity index (χ1n) is 6.52. The van der Waals surface area contributed by atoms with Crippen molar-refractivity contribution >= 4 is 24.5 Å². The largest absolute Gasteiger partial charge is 0.468 e. The first kappa shape index (κ1) is 21.3. The highest BCUT2D eigenvalue weighted by Crippen LogP contribution is 2.06. The molecule has 1 amide bonds. The molecule has 0 radical (unpaired) electrons. The first-order valence-corrected chi connectivity index (χ1v) is 6.52. The van der Waals surface area contributed by atoms with Gasteiger partial charge in [-0.15, -0.1) is 12.4 Å². The van der Waals surface area contributed by atoms with E-state index >= 15 is 0 Å². The Morgan fingerprint density at radius 3 is 2.25 bits per heavy atom. The highest BCUT2D eigenvalue weighted by Gasteiger charge is 2.17. The van der Waals surface area contributed by atoms with Crippen molar-refractivity contribution in [2.24, 2.45) is 0 Å². The molecule has 0 bridgehead atoms. The van der Waals surface area contributed by atoms with Gasteiger partial charge in [-0.3, -0.25) is 4.79 Å². The lowest BCUT2D eigenvalue weighted by molar-refractivity contribution is -0.143. The van der Waals surface area contributed by atoms with Crippen molar-refractivity contribution in [2.75, 3.05) is 20.7 Å². The highest BCUT2D eigenvalue weighted by atomic mass is 35.5. The summed E-state index contributed by atoms with van der Waals surface area (Å²) in [6, 6.07) is -0.286. The topological polar surface area (TPSA) is 76.7 Å². The van der Waals surface area contributed by atoms with Crippen molar-refractivity contribution in [3.8, 4) is 0 Å². The molecule has 0 aliphatic heterocycles. The molecule has 20 heavy (non-hydrogen) atoms. The molecule has 2 N–H and O–H groups in total. The molecule has 0 saturated carbocycles. The fourth-order valence-corrected chi connectivity index (χ4v) is 1.50. The molecule has 0 aromatic heterocycles. The van der Waals surface area contributed by atoms with E-state index in [-0.39, 0.29) is 24.4 Å². The van der Waals surface area contributed by atoms with Crippen LogP contribution in [0.2, 0.25) is 0 Å². The van der Waals surface area contributed by atoms with Gasteiger partial charge >= 0.3 is 12.1 Å². The average molecular weight is 311 g/mol. The van der Waals surface area contributed by atoms with Crippen molar-refractivity contribution in [3.05, 3.63) is 0 Å². The van der Waals surface area contributed by atoms with Crippen LogP contribution in [0.15, 0.2) is 0 Å². The number of esters is 1. The second kappa shape index (κ2) is 10.7. The molecule has 120 valence electrons. The van der Waals surface area contributed by atoms with E-state index in [0.717, 1.165) is 12.8 Å². The minimum atomic E-state index is -0.480. The Kier molecular flexibility index (Phi) is 11.4. The summed E-state index contributed by atoms with van der Waals surface area (Å²) < 4.78 is 9.77. The smallest absolute Gasteiger partial charge is 0.407 e. The number of rotatable bonds is 7. The molecule has 0 heterocycles. The zero-order chi connectivity index (χ0) is 14.9. The number of nitrogens with one attached hydrogen (secondary N) is 2. The fourth-order valence-electron chi connectivity index (χ4n) is 1.50. The number of ether oxygens (including phenoxy) is 2. The number of hydrogen-bond donors (Lipinski definition) is 2. The van der Waals surface area contributed by atoms with Crippen LogP contribution >= 0.6 is 12.4 Å². The van der Waals surface area contributed by atoms with Crippen LogP contribution in [0.4, 0.5) is 4.79 Å². The normalized spacial score (nSPS) is 12.1. The van der Waals surface area contributed by atoms with Gasteiger partial charge < -0.3 is 20.1 Å². The van der Waals surface area contributed by atoms with Gasteiger partial charge in [0.2, 0.25) is 0 Å². The van der Waals surface area contributed by atoms with Gasteiger partial charge in [0.25, 0.3) is 0 Å². The molecular formula is C13H27ClN2O4. The third kappa shape index (κ3) is 10.9. The van der Waals surface area contributed by atoms with E-state index in [4.69, 9.17) is 4.74 Å². The lowest BCUT2D eigenvalue weighted by Gasteiger charge is -2.19. The summed E-state index contributed by atoms with van der Waals surface area (Å²) in [6.45, 7) is 5.99. The summed E-state index contributed by atoms with van der Waals surface area (Å²) in [5.41, 5.74) is -0.480. The van der Waals surface area contributed by atoms with Crippen LogP contribution in [0.3, 0.4) is 0 Å². The molecule has 0 fully saturated rings. The Bertz CT molecular complexity index is 293. The maximum absolute atomic E-state index is 11.3. The van der Waals surface area contributed by atoms with Crippen molar-refractivity contribution < 1.29 is 19.1 Å². The minimum Gasteiger partial charge on any atom is -0.468 e. The van der Waals surface area contributed by atoms with Gasteiger partial charge in [0.05, 0.1) is 7.11 Å². The molecule has 0 rings (SSSR count). The minimum absolute atomic E-state index is 0. The van der Waals surface area contributed by atoms with E-state index < -0.39 is 11.7 Å². The van der Waals surface area contributed by atoms with E-state index in [0.29, 0.717) is 13.0 Å². The average Bonchev–Trinajstić information content (AvgIpc) is 2.30. The van der Waals surface area contributed by atoms with E-state index in [1.807, 2.05) is 20.8 Å². The number of carbonyl (C=O) groups is 2. The molecule has 0 aliphatic rings. The third-order valence-electron chi connectivity index (χ3n) is 2.42. The number of halogens is 1. The standard InChI is InChI=1S/C13H26N2O4.ClH/c1-13(2,3)19-12(17)15-9-7-6-8-10(14-4)11(16)18-5;/h10,14H,6-9H2,1-5H3,(H,15,17);1H/t10-;/m0./s1. The van der Waals surface area contributed by atoms with E-state index in [1.54, 1.807) is 7.05 Å². The second-order valence-corrected chi connectivity index (χ2v) is 5.29. The molecule has 0 aromatic rings. The summed E-state index contributed by atoms with van der Waals surface area (Å²) >= 11 is 0. The number of carbonyl (C=O) groups excluding carboxylic acids is 2. The van der Waals surface area contributed by atoms with Crippen LogP contribution in [0.1, 0.15) is 40.0 Å². The Hall–Kier alpha value is -1.01. The van der Waals surface area contributed by atoms with Crippen LogP contribution < -0.4 is 10.6 Å². The van der Waals surface area contributed by atoms with Gasteiger partial charge in [0.1, 0.15) is 11.6 Å². The van der Waals surface area contributed by atoms with Gasteiger partial charge in [0.15, 0.2) is 0 Å². The number of amides is 1. The summed E-state index contributed by atoms with van der Waals surface area (Å²) in [6.07, 6.45) is 1.87. The number of alkyl carbamates (subject to hydrolysis) is 1. The van der Waals surface area contributed by atoms with Crippen LogP contribution in [0.25, 0.3) is 0 Å². The van der Waals surface area contributed by atoms with Gasteiger partial charge in [-0.1, -0.05) is 0 Å². The summed E-state index contributed by atoms with van der Waals surface area (Å²) in [4.78, 5) is 22.6. The van der Waals surface area contributed by atoms with Gasteiger partial charge in [-0.2, -0.15) is 0 Å². The third-order valence-corrected chi connectivity index (χ3v) is 2.42. The fraction of sp³-hybridized carbons (Fsp3) is 0.846. The molecular weight excluding hydrogens is 284 g/mol. The van der Waals surface area contributed by atoms with Crippen LogP contribution in [0.5, 0.6) is 0 Å². The number of methoxy groups -OCH3 is 1. The lowest BCUT2D eigenvalue weighted by Crippen LogP contribution is -2.35. The Morgan fingerprint density at radius 2 is 1.80 bits per heavy atom. The second-order valence-electron chi connectivity index (χ2n) is 5.29. The van der Waals surface area contributed by atoms with Crippen molar-refractivity contribution in [1.82, 2.24) is 10.6 Å². The summed E-state index contributed by atoms with van der Waals surface area (Å²) in [5.74, 6) is -0.261. The highest BCUT2D eigenvalue weighted by molar-refractivity contribution is 5.85. The Morgan fingerprint density at radius 1 is 1.20 bits per heavy atom. The maximum atomic E-state index is 11.3. The SMILES string of the molecule is CN[C@@H](CCCCNC(=O)OC(C)(C)C)C(=O)OC.Cl. The molecule has 6 nitrogen and oxygen atoms in total. The van der Waals surface area contributed by atoms with Crippen molar-refractivity contribution in [3.63, 3.8) is 0 Å². The monoisotopic (exact) mass is 310 g/mol. The number of likely N-dealkylation sites (N-methyl/N-ethyl adjacent to an activating group) is 1. The van der Waals surface area contributed by atoms with Crippen LogP contribution in [-0.2, 0) is 14.3 Å². The van der Waals surface area contributed by atoms with Gasteiger partial charge in [0, 0.05) is 6.54 Å². The van der Waals surface area contributed by atoms with Crippen LogP contribution in [0, 0.1) is 0 Å². The number of hydrogen-bond acceptors (Lipinski definition) is 5.